The molecule has 7 heteroatoms. The summed E-state index contributed by atoms with van der Waals surface area (Å²) < 4.78 is 5.22. The summed E-state index contributed by atoms with van der Waals surface area (Å²) in [5.74, 6) is 0.507. The minimum absolute atomic E-state index is 0.216. The molecule has 2 heterocycles. The number of carboxylic acids is 1. The summed E-state index contributed by atoms with van der Waals surface area (Å²) in [4.78, 5) is 17.0. The molecule has 0 atom stereocenters. The molecule has 0 saturated carbocycles. The lowest BCUT2D eigenvalue weighted by molar-refractivity contribution is -0.139. The number of carbonyl (C=O) groups is 1. The highest BCUT2D eigenvalue weighted by molar-refractivity contribution is 6.30. The zero-order chi connectivity index (χ0) is 14.8. The summed E-state index contributed by atoms with van der Waals surface area (Å²) in [7, 11) is 0. The Morgan fingerprint density at radius 1 is 1.48 bits per heavy atom. The fraction of sp³-hybridized carbons (Fsp3) is 0.357. The summed E-state index contributed by atoms with van der Waals surface area (Å²) in [5.41, 5.74) is 0.810. The molecule has 0 amide bonds. The van der Waals surface area contributed by atoms with Gasteiger partial charge in [-0.25, -0.2) is 0 Å². The molecule has 3 rings (SSSR count). The standard InChI is InChI=1S/C14H14ClN3O3/c15-11-3-1-2-10(5-11)14-16-12(21-17-14)8-18-6-9(7-18)4-13(19)20/h1-3,5,9H,4,6-8H2,(H,19,20). The molecule has 110 valence electrons. The number of nitrogens with zero attached hydrogens (tertiary/aromatic N) is 3. The highest BCUT2D eigenvalue weighted by Crippen LogP contribution is 2.23. The lowest BCUT2D eigenvalue weighted by atomic mass is 9.97. The molecule has 0 bridgehead atoms. The first kappa shape index (κ1) is 14.0. The van der Waals surface area contributed by atoms with Gasteiger partial charge >= 0.3 is 5.97 Å². The van der Waals surface area contributed by atoms with E-state index in [-0.39, 0.29) is 12.3 Å². The van der Waals surface area contributed by atoms with E-state index in [2.05, 4.69) is 15.0 Å². The average molecular weight is 308 g/mol. The summed E-state index contributed by atoms with van der Waals surface area (Å²) in [6.07, 6.45) is 0.216. The first-order valence-electron chi connectivity index (χ1n) is 6.63. The molecule has 1 aromatic carbocycles. The van der Waals surface area contributed by atoms with Gasteiger partial charge < -0.3 is 9.63 Å². The zero-order valence-electron chi connectivity index (χ0n) is 11.2. The monoisotopic (exact) mass is 307 g/mol. The first-order valence-corrected chi connectivity index (χ1v) is 7.00. The van der Waals surface area contributed by atoms with Crippen molar-refractivity contribution in [1.82, 2.24) is 15.0 Å². The fourth-order valence-electron chi connectivity index (χ4n) is 2.44. The van der Waals surface area contributed by atoms with E-state index in [0.29, 0.717) is 23.3 Å². The van der Waals surface area contributed by atoms with Gasteiger partial charge in [-0.3, -0.25) is 9.69 Å². The van der Waals surface area contributed by atoms with Gasteiger partial charge in [0.05, 0.1) is 13.0 Å². The van der Waals surface area contributed by atoms with E-state index in [4.69, 9.17) is 21.2 Å². The topological polar surface area (TPSA) is 79.5 Å². The van der Waals surface area contributed by atoms with E-state index in [1.165, 1.54) is 0 Å². The normalized spacial score (nSPS) is 15.9. The van der Waals surface area contributed by atoms with Crippen LogP contribution in [-0.2, 0) is 11.3 Å². The van der Waals surface area contributed by atoms with Crippen LogP contribution in [0.15, 0.2) is 28.8 Å². The van der Waals surface area contributed by atoms with E-state index in [1.807, 2.05) is 12.1 Å². The molecule has 1 fully saturated rings. The predicted octanol–water partition coefficient (Wildman–Crippen LogP) is 2.30. The maximum Gasteiger partial charge on any atom is 0.303 e. The van der Waals surface area contributed by atoms with Gasteiger partial charge in [0, 0.05) is 23.7 Å². The van der Waals surface area contributed by atoms with Crippen molar-refractivity contribution in [2.24, 2.45) is 5.92 Å². The molecule has 0 spiro atoms. The number of carboxylic acid groups (broad SMARTS) is 1. The lowest BCUT2D eigenvalue weighted by Crippen LogP contribution is -2.46. The number of aliphatic carboxylic acids is 1. The Labute approximate surface area is 126 Å². The van der Waals surface area contributed by atoms with Crippen LogP contribution in [0.1, 0.15) is 12.3 Å². The molecule has 1 aliphatic rings. The van der Waals surface area contributed by atoms with Crippen molar-refractivity contribution in [2.45, 2.75) is 13.0 Å². The molecule has 0 unspecified atom stereocenters. The quantitative estimate of drug-likeness (QED) is 0.913. The van der Waals surface area contributed by atoms with Gasteiger partial charge in [-0.2, -0.15) is 4.98 Å². The summed E-state index contributed by atoms with van der Waals surface area (Å²) in [6, 6.07) is 7.27. The number of hydrogen-bond acceptors (Lipinski definition) is 5. The predicted molar refractivity (Wildman–Crippen MR) is 75.8 cm³/mol. The highest BCUT2D eigenvalue weighted by atomic mass is 35.5. The number of rotatable bonds is 5. The van der Waals surface area contributed by atoms with Crippen molar-refractivity contribution in [3.63, 3.8) is 0 Å². The van der Waals surface area contributed by atoms with E-state index in [0.717, 1.165) is 18.7 Å². The number of halogens is 1. The van der Waals surface area contributed by atoms with Crippen LogP contribution >= 0.6 is 11.6 Å². The Balaban J connectivity index is 1.58. The van der Waals surface area contributed by atoms with Gasteiger partial charge in [0.1, 0.15) is 0 Å². The van der Waals surface area contributed by atoms with Crippen molar-refractivity contribution in [1.29, 1.82) is 0 Å². The molecule has 2 aromatic rings. The van der Waals surface area contributed by atoms with Crippen LogP contribution in [0.4, 0.5) is 0 Å². The Morgan fingerprint density at radius 3 is 3.00 bits per heavy atom. The van der Waals surface area contributed by atoms with Crippen LogP contribution in [0.2, 0.25) is 5.02 Å². The van der Waals surface area contributed by atoms with Crippen LogP contribution < -0.4 is 0 Å². The maximum absolute atomic E-state index is 10.6. The van der Waals surface area contributed by atoms with E-state index < -0.39 is 5.97 Å². The molecule has 1 aromatic heterocycles. The van der Waals surface area contributed by atoms with Crippen LogP contribution in [-0.4, -0.2) is 39.2 Å². The fourth-order valence-corrected chi connectivity index (χ4v) is 2.63. The molecule has 6 nitrogen and oxygen atoms in total. The van der Waals surface area contributed by atoms with Crippen LogP contribution in [0.5, 0.6) is 0 Å². The second kappa shape index (κ2) is 5.83. The van der Waals surface area contributed by atoms with E-state index in [1.54, 1.807) is 12.1 Å². The largest absolute Gasteiger partial charge is 0.481 e. The van der Waals surface area contributed by atoms with E-state index >= 15 is 0 Å². The molecule has 0 radical (unpaired) electrons. The number of hydrogen-bond donors (Lipinski definition) is 1. The Hall–Kier alpha value is -1.92. The average Bonchev–Trinajstić information content (AvgIpc) is 2.84. The molecular formula is C14H14ClN3O3. The van der Waals surface area contributed by atoms with Crippen molar-refractivity contribution in [2.75, 3.05) is 13.1 Å². The summed E-state index contributed by atoms with van der Waals surface area (Å²) >= 11 is 5.93. The maximum atomic E-state index is 10.6. The summed E-state index contributed by atoms with van der Waals surface area (Å²) in [5, 5.41) is 13.3. The van der Waals surface area contributed by atoms with Crippen molar-refractivity contribution >= 4 is 17.6 Å². The minimum Gasteiger partial charge on any atom is -0.481 e. The van der Waals surface area contributed by atoms with Gasteiger partial charge in [-0.15, -0.1) is 0 Å². The van der Waals surface area contributed by atoms with Gasteiger partial charge in [0.25, 0.3) is 0 Å². The Kier molecular flexibility index (Phi) is 3.90. The van der Waals surface area contributed by atoms with Crippen LogP contribution in [0, 0.1) is 5.92 Å². The van der Waals surface area contributed by atoms with Gasteiger partial charge in [-0.05, 0) is 18.1 Å². The minimum atomic E-state index is -0.749. The van der Waals surface area contributed by atoms with Crippen molar-refractivity contribution < 1.29 is 14.4 Å². The third-order valence-corrected chi connectivity index (χ3v) is 3.64. The number of likely N-dealkylation sites (tertiary alicyclic amines) is 1. The van der Waals surface area contributed by atoms with Crippen molar-refractivity contribution in [3.05, 3.63) is 35.2 Å². The lowest BCUT2D eigenvalue weighted by Gasteiger charge is -2.37. The summed E-state index contributed by atoms with van der Waals surface area (Å²) in [6.45, 7) is 2.05. The number of benzene rings is 1. The van der Waals surface area contributed by atoms with Gasteiger partial charge in [0.2, 0.25) is 11.7 Å². The van der Waals surface area contributed by atoms with E-state index in [9.17, 15) is 4.79 Å². The second-order valence-electron chi connectivity index (χ2n) is 5.18. The van der Waals surface area contributed by atoms with Crippen LogP contribution in [0.3, 0.4) is 0 Å². The molecule has 21 heavy (non-hydrogen) atoms. The molecular weight excluding hydrogens is 294 g/mol. The van der Waals surface area contributed by atoms with Gasteiger partial charge in [-0.1, -0.05) is 28.9 Å². The molecule has 0 aliphatic carbocycles. The zero-order valence-corrected chi connectivity index (χ0v) is 12.0. The molecule has 1 N–H and O–H groups in total. The van der Waals surface area contributed by atoms with Gasteiger partial charge in [0.15, 0.2) is 0 Å². The highest BCUT2D eigenvalue weighted by Gasteiger charge is 2.29. The third kappa shape index (κ3) is 3.40. The first-order chi connectivity index (χ1) is 10.1. The molecule has 1 saturated heterocycles. The Morgan fingerprint density at radius 2 is 2.29 bits per heavy atom. The second-order valence-corrected chi connectivity index (χ2v) is 5.62. The van der Waals surface area contributed by atoms with Crippen LogP contribution in [0.25, 0.3) is 11.4 Å². The Bertz CT molecular complexity index is 652. The van der Waals surface area contributed by atoms with Crippen molar-refractivity contribution in [3.8, 4) is 11.4 Å². The number of aromatic nitrogens is 2. The SMILES string of the molecule is O=C(O)CC1CN(Cc2nc(-c3cccc(Cl)c3)no2)C1. The molecule has 1 aliphatic heterocycles. The smallest absolute Gasteiger partial charge is 0.303 e. The third-order valence-electron chi connectivity index (χ3n) is 3.41.